The molecule has 0 spiro atoms. The summed E-state index contributed by atoms with van der Waals surface area (Å²) in [7, 11) is 0. The summed E-state index contributed by atoms with van der Waals surface area (Å²) < 4.78 is 3.02. The van der Waals surface area contributed by atoms with E-state index in [-0.39, 0.29) is 0 Å². The lowest BCUT2D eigenvalue weighted by Crippen LogP contribution is -2.06. The smallest absolute Gasteiger partial charge is 0.182 e. The lowest BCUT2D eigenvalue weighted by Gasteiger charge is -2.14. The van der Waals surface area contributed by atoms with Crippen LogP contribution in [-0.4, -0.2) is 9.55 Å². The standard InChI is InChI=1S/C13H14N2S/c16-13-14-11-8-4-5-9-12(11)15(13)10-6-2-1-3-7-10/h1-3,6-7H,4-5,8-9H2,(H,14,16). The van der Waals surface area contributed by atoms with Gasteiger partial charge in [0.2, 0.25) is 0 Å². The molecule has 2 aromatic rings. The fraction of sp³-hybridized carbons (Fsp3) is 0.308. The summed E-state index contributed by atoms with van der Waals surface area (Å²) in [5.74, 6) is 0. The number of imidazole rings is 1. The maximum Gasteiger partial charge on any atom is 0.182 e. The van der Waals surface area contributed by atoms with Crippen LogP contribution >= 0.6 is 12.2 Å². The van der Waals surface area contributed by atoms with Crippen molar-refractivity contribution in [3.63, 3.8) is 0 Å². The van der Waals surface area contributed by atoms with E-state index in [1.54, 1.807) is 0 Å². The van der Waals surface area contributed by atoms with E-state index < -0.39 is 0 Å². The monoisotopic (exact) mass is 230 g/mol. The zero-order chi connectivity index (χ0) is 11.0. The van der Waals surface area contributed by atoms with Crippen LogP contribution in [0.25, 0.3) is 5.69 Å². The molecule has 0 saturated carbocycles. The highest BCUT2D eigenvalue weighted by Crippen LogP contribution is 2.23. The van der Waals surface area contributed by atoms with Gasteiger partial charge in [-0.05, 0) is 50.0 Å². The fourth-order valence-electron chi connectivity index (χ4n) is 2.43. The summed E-state index contributed by atoms with van der Waals surface area (Å²) in [6, 6.07) is 10.4. The number of aromatic nitrogens is 2. The molecular formula is C13H14N2S. The van der Waals surface area contributed by atoms with Gasteiger partial charge in [0.15, 0.2) is 4.77 Å². The minimum absolute atomic E-state index is 0.832. The Balaban J connectivity index is 2.21. The number of para-hydroxylation sites is 1. The SMILES string of the molecule is S=c1[nH]c2c(n1-c1ccccc1)CCCC2. The van der Waals surface area contributed by atoms with Gasteiger partial charge < -0.3 is 4.98 Å². The molecule has 0 saturated heterocycles. The molecule has 16 heavy (non-hydrogen) atoms. The van der Waals surface area contributed by atoms with Crippen LogP contribution in [0, 0.1) is 4.77 Å². The molecule has 82 valence electrons. The average molecular weight is 230 g/mol. The first-order chi connectivity index (χ1) is 7.86. The highest BCUT2D eigenvalue weighted by atomic mass is 32.1. The molecular weight excluding hydrogens is 216 g/mol. The zero-order valence-electron chi connectivity index (χ0n) is 9.07. The maximum atomic E-state index is 5.41. The van der Waals surface area contributed by atoms with Crippen LogP contribution in [0.4, 0.5) is 0 Å². The number of rotatable bonds is 1. The Morgan fingerprint density at radius 2 is 1.81 bits per heavy atom. The van der Waals surface area contributed by atoms with Crippen LogP contribution in [0.5, 0.6) is 0 Å². The topological polar surface area (TPSA) is 20.7 Å². The molecule has 3 rings (SSSR count). The Labute approximate surface area is 99.9 Å². The number of nitrogens with one attached hydrogen (secondary N) is 1. The van der Waals surface area contributed by atoms with Crippen molar-refractivity contribution < 1.29 is 0 Å². The van der Waals surface area contributed by atoms with Gasteiger partial charge in [-0.3, -0.25) is 4.57 Å². The first-order valence-electron chi connectivity index (χ1n) is 5.74. The van der Waals surface area contributed by atoms with Crippen LogP contribution in [0.2, 0.25) is 0 Å². The number of aromatic amines is 1. The molecule has 1 heterocycles. The quantitative estimate of drug-likeness (QED) is 0.744. The van der Waals surface area contributed by atoms with Gasteiger partial charge in [-0.25, -0.2) is 0 Å². The minimum Gasteiger partial charge on any atom is -0.334 e. The van der Waals surface area contributed by atoms with E-state index in [4.69, 9.17) is 12.2 Å². The van der Waals surface area contributed by atoms with Gasteiger partial charge in [0.1, 0.15) is 0 Å². The second-order valence-electron chi connectivity index (χ2n) is 4.23. The second-order valence-corrected chi connectivity index (χ2v) is 4.62. The van der Waals surface area contributed by atoms with E-state index in [9.17, 15) is 0 Å². The van der Waals surface area contributed by atoms with Crippen molar-refractivity contribution in [3.8, 4) is 5.69 Å². The summed E-state index contributed by atoms with van der Waals surface area (Å²) in [4.78, 5) is 3.34. The molecule has 0 amide bonds. The molecule has 1 aliphatic rings. The average Bonchev–Trinajstić information content (AvgIpc) is 2.66. The fourth-order valence-corrected chi connectivity index (χ4v) is 2.77. The van der Waals surface area contributed by atoms with Crippen LogP contribution in [0.3, 0.4) is 0 Å². The molecule has 1 N–H and O–H groups in total. The Morgan fingerprint density at radius 1 is 1.06 bits per heavy atom. The Morgan fingerprint density at radius 3 is 2.62 bits per heavy atom. The number of nitrogens with zero attached hydrogens (tertiary/aromatic N) is 1. The van der Waals surface area contributed by atoms with Crippen molar-refractivity contribution in [1.29, 1.82) is 0 Å². The number of fused-ring (bicyclic) bond motifs is 1. The summed E-state index contributed by atoms with van der Waals surface area (Å²) in [6.07, 6.45) is 4.82. The molecule has 0 atom stereocenters. The van der Waals surface area contributed by atoms with Crippen LogP contribution < -0.4 is 0 Å². The molecule has 0 fully saturated rings. The largest absolute Gasteiger partial charge is 0.334 e. The third-order valence-electron chi connectivity index (χ3n) is 3.18. The first-order valence-corrected chi connectivity index (χ1v) is 6.15. The van der Waals surface area contributed by atoms with Crippen molar-refractivity contribution in [2.45, 2.75) is 25.7 Å². The van der Waals surface area contributed by atoms with E-state index in [2.05, 4.69) is 33.8 Å². The zero-order valence-corrected chi connectivity index (χ0v) is 9.89. The van der Waals surface area contributed by atoms with Crippen molar-refractivity contribution >= 4 is 12.2 Å². The number of aryl methyl sites for hydroxylation is 1. The predicted octanol–water partition coefficient (Wildman–Crippen LogP) is 3.41. The van der Waals surface area contributed by atoms with Gasteiger partial charge in [-0.15, -0.1) is 0 Å². The molecule has 1 aliphatic carbocycles. The summed E-state index contributed by atoms with van der Waals surface area (Å²) >= 11 is 5.41. The normalized spacial score (nSPS) is 14.8. The third-order valence-corrected chi connectivity index (χ3v) is 3.47. The highest BCUT2D eigenvalue weighted by Gasteiger charge is 2.16. The van der Waals surface area contributed by atoms with Gasteiger partial charge in [-0.2, -0.15) is 0 Å². The minimum atomic E-state index is 0.832. The van der Waals surface area contributed by atoms with Crippen molar-refractivity contribution in [2.24, 2.45) is 0 Å². The van der Waals surface area contributed by atoms with Gasteiger partial charge in [0, 0.05) is 17.1 Å². The van der Waals surface area contributed by atoms with Crippen molar-refractivity contribution in [2.75, 3.05) is 0 Å². The molecule has 3 heteroatoms. The molecule has 1 aromatic heterocycles. The molecule has 0 unspecified atom stereocenters. The van der Waals surface area contributed by atoms with E-state index in [0.29, 0.717) is 0 Å². The molecule has 0 radical (unpaired) electrons. The number of H-pyrrole nitrogens is 1. The van der Waals surface area contributed by atoms with Crippen LogP contribution in [0.15, 0.2) is 30.3 Å². The van der Waals surface area contributed by atoms with Crippen LogP contribution in [-0.2, 0) is 12.8 Å². The van der Waals surface area contributed by atoms with E-state index in [1.165, 1.54) is 29.9 Å². The van der Waals surface area contributed by atoms with Crippen LogP contribution in [0.1, 0.15) is 24.2 Å². The van der Waals surface area contributed by atoms with Crippen molar-refractivity contribution in [3.05, 3.63) is 46.5 Å². The lowest BCUT2D eigenvalue weighted by atomic mass is 10.0. The van der Waals surface area contributed by atoms with Gasteiger partial charge >= 0.3 is 0 Å². The van der Waals surface area contributed by atoms with Gasteiger partial charge in [0.05, 0.1) is 0 Å². The molecule has 2 nitrogen and oxygen atoms in total. The molecule has 1 aromatic carbocycles. The third kappa shape index (κ3) is 1.52. The van der Waals surface area contributed by atoms with E-state index >= 15 is 0 Å². The van der Waals surface area contributed by atoms with Crippen molar-refractivity contribution in [1.82, 2.24) is 9.55 Å². The summed E-state index contributed by atoms with van der Waals surface area (Å²) in [5, 5.41) is 0. The van der Waals surface area contributed by atoms with Gasteiger partial charge in [-0.1, -0.05) is 18.2 Å². The van der Waals surface area contributed by atoms with Gasteiger partial charge in [0.25, 0.3) is 0 Å². The highest BCUT2D eigenvalue weighted by molar-refractivity contribution is 7.71. The maximum absolute atomic E-state index is 5.41. The second kappa shape index (κ2) is 3.91. The summed E-state index contributed by atoms with van der Waals surface area (Å²) in [5.41, 5.74) is 3.88. The number of hydrogen-bond donors (Lipinski definition) is 1. The Hall–Kier alpha value is -1.35. The lowest BCUT2D eigenvalue weighted by molar-refractivity contribution is 0.656. The number of benzene rings is 1. The predicted molar refractivity (Wildman–Crippen MR) is 67.6 cm³/mol. The number of hydrogen-bond acceptors (Lipinski definition) is 1. The van der Waals surface area contributed by atoms with E-state index in [0.717, 1.165) is 17.6 Å². The van der Waals surface area contributed by atoms with E-state index in [1.807, 2.05) is 6.07 Å². The molecule has 0 aliphatic heterocycles. The Bertz CT molecular complexity index is 551. The molecule has 0 bridgehead atoms. The Kier molecular flexibility index (Phi) is 2.40. The first kappa shape index (κ1) is 9.85. The summed E-state index contributed by atoms with van der Waals surface area (Å²) in [6.45, 7) is 0.